The van der Waals surface area contributed by atoms with E-state index in [2.05, 4.69) is 5.32 Å². The van der Waals surface area contributed by atoms with Crippen LogP contribution in [0.4, 0.5) is 0 Å². The molecule has 0 aliphatic carbocycles. The molecular weight excluding hydrogens is 186 g/mol. The van der Waals surface area contributed by atoms with Gasteiger partial charge < -0.3 is 21.1 Å². The maximum absolute atomic E-state index is 11.1. The zero-order valence-electron chi connectivity index (χ0n) is 8.49. The molecule has 14 heavy (non-hydrogen) atoms. The molecule has 0 rings (SSSR count). The summed E-state index contributed by atoms with van der Waals surface area (Å²) in [5.74, 6) is -1.49. The standard InChI is InChI=1S/C8H17N3O3/c1-11(2)4-3-10-7(12)5-6(9)8(13)14/h6H,3-5,9H2,1-2H3,(H,10,12)(H,13,14)/t6-/m0/s1. The molecule has 0 unspecified atom stereocenters. The van der Waals surface area contributed by atoms with Crippen LogP contribution in [-0.4, -0.2) is 55.1 Å². The van der Waals surface area contributed by atoms with Crippen molar-refractivity contribution in [1.29, 1.82) is 0 Å². The van der Waals surface area contributed by atoms with Crippen molar-refractivity contribution in [2.24, 2.45) is 5.73 Å². The number of hydrogen-bond acceptors (Lipinski definition) is 4. The van der Waals surface area contributed by atoms with Gasteiger partial charge in [-0.1, -0.05) is 0 Å². The van der Waals surface area contributed by atoms with E-state index in [1.54, 1.807) is 0 Å². The van der Waals surface area contributed by atoms with Crippen molar-refractivity contribution in [2.75, 3.05) is 27.2 Å². The van der Waals surface area contributed by atoms with Gasteiger partial charge in [0.1, 0.15) is 6.04 Å². The molecule has 0 aliphatic rings. The second-order valence-electron chi connectivity index (χ2n) is 3.30. The minimum Gasteiger partial charge on any atom is -0.480 e. The minimum absolute atomic E-state index is 0.178. The maximum atomic E-state index is 11.1. The molecule has 0 fully saturated rings. The molecule has 6 nitrogen and oxygen atoms in total. The molecule has 6 heteroatoms. The Morgan fingerprint density at radius 2 is 2.07 bits per heavy atom. The fraction of sp³-hybridized carbons (Fsp3) is 0.750. The first-order valence-corrected chi connectivity index (χ1v) is 4.33. The maximum Gasteiger partial charge on any atom is 0.321 e. The van der Waals surface area contributed by atoms with Crippen LogP contribution in [0.25, 0.3) is 0 Å². The molecule has 0 aromatic heterocycles. The number of carboxylic acid groups (broad SMARTS) is 1. The highest BCUT2D eigenvalue weighted by atomic mass is 16.4. The molecule has 0 saturated heterocycles. The summed E-state index contributed by atoms with van der Waals surface area (Å²) >= 11 is 0. The van der Waals surface area contributed by atoms with Crippen molar-refractivity contribution in [1.82, 2.24) is 10.2 Å². The van der Waals surface area contributed by atoms with Crippen molar-refractivity contribution in [2.45, 2.75) is 12.5 Å². The van der Waals surface area contributed by atoms with E-state index < -0.39 is 12.0 Å². The van der Waals surface area contributed by atoms with Crippen LogP contribution in [-0.2, 0) is 9.59 Å². The average molecular weight is 203 g/mol. The largest absolute Gasteiger partial charge is 0.480 e. The van der Waals surface area contributed by atoms with Crippen molar-refractivity contribution in [3.8, 4) is 0 Å². The molecular formula is C8H17N3O3. The lowest BCUT2D eigenvalue weighted by atomic mass is 10.2. The van der Waals surface area contributed by atoms with Gasteiger partial charge in [0, 0.05) is 13.1 Å². The Morgan fingerprint density at radius 3 is 2.50 bits per heavy atom. The van der Waals surface area contributed by atoms with Gasteiger partial charge in [-0.2, -0.15) is 0 Å². The smallest absolute Gasteiger partial charge is 0.321 e. The first kappa shape index (κ1) is 12.9. The number of carbonyl (C=O) groups is 2. The van der Waals surface area contributed by atoms with Crippen LogP contribution in [0.15, 0.2) is 0 Å². The van der Waals surface area contributed by atoms with E-state index in [1.807, 2.05) is 19.0 Å². The first-order valence-electron chi connectivity index (χ1n) is 4.33. The van der Waals surface area contributed by atoms with E-state index >= 15 is 0 Å². The number of carbonyl (C=O) groups excluding carboxylic acids is 1. The van der Waals surface area contributed by atoms with Crippen molar-refractivity contribution >= 4 is 11.9 Å². The topological polar surface area (TPSA) is 95.7 Å². The number of rotatable bonds is 6. The molecule has 0 aromatic rings. The lowest BCUT2D eigenvalue weighted by Gasteiger charge is -2.11. The molecule has 0 saturated carbocycles. The summed E-state index contributed by atoms with van der Waals surface area (Å²) in [6, 6.07) is -1.12. The predicted molar refractivity (Wildman–Crippen MR) is 51.8 cm³/mol. The van der Waals surface area contributed by atoms with E-state index in [-0.39, 0.29) is 12.3 Å². The molecule has 0 heterocycles. The summed E-state index contributed by atoms with van der Waals surface area (Å²) in [7, 11) is 3.77. The number of nitrogens with two attached hydrogens (primary N) is 1. The van der Waals surface area contributed by atoms with Gasteiger partial charge in [0.05, 0.1) is 6.42 Å². The van der Waals surface area contributed by atoms with Crippen LogP contribution in [0.5, 0.6) is 0 Å². The van der Waals surface area contributed by atoms with Crippen LogP contribution in [0, 0.1) is 0 Å². The lowest BCUT2D eigenvalue weighted by molar-refractivity contribution is -0.140. The zero-order valence-corrected chi connectivity index (χ0v) is 8.49. The third-order valence-electron chi connectivity index (χ3n) is 1.60. The van der Waals surface area contributed by atoms with E-state index in [0.29, 0.717) is 13.1 Å². The Bertz CT molecular complexity index is 206. The van der Waals surface area contributed by atoms with Crippen molar-refractivity contribution in [3.63, 3.8) is 0 Å². The van der Waals surface area contributed by atoms with Crippen LogP contribution in [0.3, 0.4) is 0 Å². The number of carboxylic acids is 1. The highest BCUT2D eigenvalue weighted by Gasteiger charge is 2.15. The van der Waals surface area contributed by atoms with Crippen molar-refractivity contribution < 1.29 is 14.7 Å². The summed E-state index contributed by atoms with van der Waals surface area (Å²) < 4.78 is 0. The Balaban J connectivity index is 3.60. The average Bonchev–Trinajstić information content (AvgIpc) is 2.02. The van der Waals surface area contributed by atoms with Crippen LogP contribution >= 0.6 is 0 Å². The molecule has 0 aromatic carbocycles. The highest BCUT2D eigenvalue weighted by molar-refractivity contribution is 5.84. The Labute approximate surface area is 83.1 Å². The number of hydrogen-bond donors (Lipinski definition) is 3. The van der Waals surface area contributed by atoms with Gasteiger partial charge in [-0.05, 0) is 14.1 Å². The molecule has 0 bridgehead atoms. The van der Waals surface area contributed by atoms with Gasteiger partial charge in [-0.25, -0.2) is 0 Å². The summed E-state index contributed by atoms with van der Waals surface area (Å²) in [6.45, 7) is 1.21. The lowest BCUT2D eigenvalue weighted by Crippen LogP contribution is -2.38. The predicted octanol–water partition coefficient (Wildman–Crippen LogP) is -1.53. The van der Waals surface area contributed by atoms with E-state index in [0.717, 1.165) is 0 Å². The summed E-state index contributed by atoms with van der Waals surface area (Å²) in [5, 5.41) is 11.0. The molecule has 0 spiro atoms. The molecule has 0 radical (unpaired) electrons. The van der Waals surface area contributed by atoms with Crippen LogP contribution in [0.1, 0.15) is 6.42 Å². The fourth-order valence-corrected chi connectivity index (χ4v) is 0.778. The quantitative estimate of drug-likeness (QED) is 0.486. The Kier molecular flexibility index (Phi) is 5.82. The fourth-order valence-electron chi connectivity index (χ4n) is 0.778. The second kappa shape index (κ2) is 6.33. The van der Waals surface area contributed by atoms with Crippen molar-refractivity contribution in [3.05, 3.63) is 0 Å². The molecule has 1 amide bonds. The third-order valence-corrected chi connectivity index (χ3v) is 1.60. The summed E-state index contributed by atoms with van der Waals surface area (Å²) in [4.78, 5) is 23.3. The van der Waals surface area contributed by atoms with Gasteiger partial charge in [-0.15, -0.1) is 0 Å². The molecule has 1 atom stereocenters. The molecule has 4 N–H and O–H groups in total. The first-order chi connectivity index (χ1) is 6.43. The minimum atomic E-state index is -1.16. The Hall–Kier alpha value is -1.14. The number of nitrogens with one attached hydrogen (secondary N) is 1. The molecule has 82 valence electrons. The second-order valence-corrected chi connectivity index (χ2v) is 3.30. The van der Waals surface area contributed by atoms with Gasteiger partial charge in [0.15, 0.2) is 0 Å². The normalized spacial score (nSPS) is 12.6. The van der Waals surface area contributed by atoms with Crippen LogP contribution < -0.4 is 11.1 Å². The Morgan fingerprint density at radius 1 is 1.50 bits per heavy atom. The van der Waals surface area contributed by atoms with Gasteiger partial charge in [0.2, 0.25) is 5.91 Å². The van der Waals surface area contributed by atoms with Gasteiger partial charge in [0.25, 0.3) is 0 Å². The monoisotopic (exact) mass is 203 g/mol. The van der Waals surface area contributed by atoms with Gasteiger partial charge in [-0.3, -0.25) is 9.59 Å². The number of likely N-dealkylation sites (N-methyl/N-ethyl adjacent to an activating group) is 1. The zero-order chi connectivity index (χ0) is 11.1. The van der Waals surface area contributed by atoms with E-state index in [1.165, 1.54) is 0 Å². The number of amides is 1. The number of aliphatic carboxylic acids is 1. The van der Waals surface area contributed by atoms with E-state index in [9.17, 15) is 9.59 Å². The van der Waals surface area contributed by atoms with E-state index in [4.69, 9.17) is 10.8 Å². The van der Waals surface area contributed by atoms with Crippen LogP contribution in [0.2, 0.25) is 0 Å². The third kappa shape index (κ3) is 6.38. The summed E-state index contributed by atoms with van der Waals surface area (Å²) in [5.41, 5.74) is 5.18. The highest BCUT2D eigenvalue weighted by Crippen LogP contribution is 1.87. The SMILES string of the molecule is CN(C)CCNC(=O)C[C@H](N)C(=O)O. The summed E-state index contributed by atoms with van der Waals surface area (Å²) in [6.07, 6.45) is -0.178. The molecule has 0 aliphatic heterocycles. The van der Waals surface area contributed by atoms with Gasteiger partial charge >= 0.3 is 5.97 Å². The number of nitrogens with zero attached hydrogens (tertiary/aromatic N) is 1.